The predicted octanol–water partition coefficient (Wildman–Crippen LogP) is 4.32. The summed E-state index contributed by atoms with van der Waals surface area (Å²) < 4.78 is 5.23. The maximum Gasteiger partial charge on any atom is 0.323 e. The molecule has 0 aromatic heterocycles. The summed E-state index contributed by atoms with van der Waals surface area (Å²) in [5, 5.41) is 8.52. The Hall–Kier alpha value is -4.33. The lowest BCUT2D eigenvalue weighted by molar-refractivity contribution is -0.126. The Labute approximate surface area is 204 Å². The summed E-state index contributed by atoms with van der Waals surface area (Å²) in [6, 6.07) is 21.7. The van der Waals surface area contributed by atoms with Crippen molar-refractivity contribution in [2.45, 2.75) is 19.9 Å². The second-order valence-electron chi connectivity index (χ2n) is 8.47. The summed E-state index contributed by atoms with van der Waals surface area (Å²) in [4.78, 5) is 39.2. The number of aryl methyl sites for hydroxylation is 1. The first-order chi connectivity index (χ1) is 16.9. The fraction of sp³-hybridized carbons (Fsp3) is 0.222. The maximum atomic E-state index is 12.8. The van der Waals surface area contributed by atoms with Gasteiger partial charge >= 0.3 is 6.03 Å². The number of hydrogen-bond donors (Lipinski definition) is 3. The van der Waals surface area contributed by atoms with E-state index in [-0.39, 0.29) is 30.8 Å². The summed E-state index contributed by atoms with van der Waals surface area (Å²) >= 11 is 0. The lowest BCUT2D eigenvalue weighted by Crippen LogP contribution is -2.32. The van der Waals surface area contributed by atoms with E-state index in [0.717, 1.165) is 11.1 Å². The number of carbonyl (C=O) groups excluding carboxylic acids is 3. The molecule has 1 aliphatic rings. The molecule has 180 valence electrons. The van der Waals surface area contributed by atoms with Crippen molar-refractivity contribution in [2.75, 3.05) is 29.2 Å². The average Bonchev–Trinajstić information content (AvgIpc) is 3.24. The number of urea groups is 1. The van der Waals surface area contributed by atoms with Gasteiger partial charge in [-0.1, -0.05) is 30.3 Å². The quantitative estimate of drug-likeness (QED) is 0.477. The van der Waals surface area contributed by atoms with Crippen molar-refractivity contribution in [3.8, 4) is 5.75 Å². The Morgan fingerprint density at radius 3 is 2.43 bits per heavy atom. The van der Waals surface area contributed by atoms with E-state index in [2.05, 4.69) is 16.0 Å². The number of benzene rings is 3. The van der Waals surface area contributed by atoms with Gasteiger partial charge in [0.15, 0.2) is 0 Å². The third kappa shape index (κ3) is 6.17. The number of methoxy groups -OCH3 is 1. The molecule has 3 aromatic rings. The molecule has 8 heteroatoms. The highest BCUT2D eigenvalue weighted by Gasteiger charge is 2.35. The van der Waals surface area contributed by atoms with E-state index in [1.54, 1.807) is 30.2 Å². The van der Waals surface area contributed by atoms with Gasteiger partial charge in [0.1, 0.15) is 5.75 Å². The van der Waals surface area contributed by atoms with Crippen molar-refractivity contribution in [1.29, 1.82) is 0 Å². The van der Waals surface area contributed by atoms with Crippen LogP contribution in [0.2, 0.25) is 0 Å². The summed E-state index contributed by atoms with van der Waals surface area (Å²) in [7, 11) is 1.57. The summed E-state index contributed by atoms with van der Waals surface area (Å²) in [5.74, 6) is -0.0529. The van der Waals surface area contributed by atoms with Gasteiger partial charge in [-0.25, -0.2) is 4.79 Å². The molecule has 1 aliphatic heterocycles. The first kappa shape index (κ1) is 23.8. The van der Waals surface area contributed by atoms with Crippen molar-refractivity contribution in [3.63, 3.8) is 0 Å². The first-order valence-corrected chi connectivity index (χ1v) is 11.4. The monoisotopic (exact) mass is 472 g/mol. The molecule has 4 amide bonds. The molecule has 0 spiro atoms. The minimum absolute atomic E-state index is 0.0933. The van der Waals surface area contributed by atoms with Crippen LogP contribution in [0.5, 0.6) is 5.75 Å². The second kappa shape index (κ2) is 10.7. The van der Waals surface area contributed by atoms with Gasteiger partial charge in [-0.15, -0.1) is 0 Å². The lowest BCUT2D eigenvalue weighted by Gasteiger charge is -2.17. The fourth-order valence-electron chi connectivity index (χ4n) is 4.02. The predicted molar refractivity (Wildman–Crippen MR) is 136 cm³/mol. The number of amides is 4. The Morgan fingerprint density at radius 2 is 1.69 bits per heavy atom. The molecule has 3 aromatic carbocycles. The Bertz CT molecular complexity index is 1240. The molecule has 1 atom stereocenters. The highest BCUT2D eigenvalue weighted by Crippen LogP contribution is 2.28. The van der Waals surface area contributed by atoms with E-state index in [9.17, 15) is 14.4 Å². The van der Waals surface area contributed by atoms with Crippen LogP contribution in [-0.4, -0.2) is 31.5 Å². The van der Waals surface area contributed by atoms with Gasteiger partial charge in [0.2, 0.25) is 11.8 Å². The zero-order chi connectivity index (χ0) is 24.8. The molecule has 1 heterocycles. The number of rotatable bonds is 7. The van der Waals surface area contributed by atoms with Gasteiger partial charge in [-0.05, 0) is 54.4 Å². The minimum atomic E-state index is -0.435. The van der Waals surface area contributed by atoms with Gasteiger partial charge in [0.05, 0.1) is 13.0 Å². The molecular weight excluding hydrogens is 444 g/mol. The van der Waals surface area contributed by atoms with Crippen LogP contribution in [-0.2, 0) is 16.1 Å². The topological polar surface area (TPSA) is 99.8 Å². The van der Waals surface area contributed by atoms with Crippen LogP contribution < -0.4 is 25.6 Å². The molecule has 0 radical (unpaired) electrons. The van der Waals surface area contributed by atoms with E-state index in [1.165, 1.54) is 0 Å². The smallest absolute Gasteiger partial charge is 0.323 e. The van der Waals surface area contributed by atoms with E-state index >= 15 is 0 Å². The van der Waals surface area contributed by atoms with Crippen LogP contribution in [0.1, 0.15) is 17.5 Å². The number of nitrogens with zero attached hydrogens (tertiary/aromatic N) is 1. The van der Waals surface area contributed by atoms with E-state index in [4.69, 9.17) is 4.74 Å². The Kier molecular flexibility index (Phi) is 7.30. The van der Waals surface area contributed by atoms with Gasteiger partial charge in [0.25, 0.3) is 0 Å². The molecular formula is C27H28N4O4. The van der Waals surface area contributed by atoms with E-state index in [0.29, 0.717) is 29.4 Å². The van der Waals surface area contributed by atoms with Crippen LogP contribution in [0.3, 0.4) is 0 Å². The molecule has 1 unspecified atom stereocenters. The molecule has 3 N–H and O–H groups in total. The van der Waals surface area contributed by atoms with Gasteiger partial charge < -0.3 is 25.6 Å². The molecule has 1 fully saturated rings. The molecule has 0 bridgehead atoms. The summed E-state index contributed by atoms with van der Waals surface area (Å²) in [6.07, 6.45) is 0.157. The van der Waals surface area contributed by atoms with Gasteiger partial charge in [-0.2, -0.15) is 0 Å². The summed E-state index contributed by atoms with van der Waals surface area (Å²) in [5.41, 5.74) is 3.92. The first-order valence-electron chi connectivity index (χ1n) is 11.4. The standard InChI is InChI=1S/C27H28N4O4/c1-18-6-3-8-21(12-18)29-27(34)30-22-9-4-7-19(13-22)16-28-26(33)20-14-25(32)31(17-20)23-10-5-11-24(15-23)35-2/h3-13,15,20H,14,16-17H2,1-2H3,(H,28,33)(H2,29,30,34). The second-order valence-corrected chi connectivity index (χ2v) is 8.47. The zero-order valence-electron chi connectivity index (χ0n) is 19.7. The van der Waals surface area contributed by atoms with Crippen LogP contribution >= 0.6 is 0 Å². The van der Waals surface area contributed by atoms with Crippen LogP contribution in [0.25, 0.3) is 0 Å². The molecule has 35 heavy (non-hydrogen) atoms. The summed E-state index contributed by atoms with van der Waals surface area (Å²) in [6.45, 7) is 2.56. The number of nitrogens with one attached hydrogen (secondary N) is 3. The zero-order valence-corrected chi connectivity index (χ0v) is 19.7. The van der Waals surface area contributed by atoms with Gasteiger partial charge in [-0.3, -0.25) is 9.59 Å². The number of hydrogen-bond acceptors (Lipinski definition) is 4. The minimum Gasteiger partial charge on any atom is -0.497 e. The fourth-order valence-corrected chi connectivity index (χ4v) is 4.02. The molecule has 8 nitrogen and oxygen atoms in total. The van der Waals surface area contributed by atoms with E-state index < -0.39 is 5.92 Å². The van der Waals surface area contributed by atoms with Gasteiger partial charge in [0, 0.05) is 42.6 Å². The SMILES string of the molecule is COc1cccc(N2CC(C(=O)NCc3cccc(NC(=O)Nc4cccc(C)c4)c3)CC2=O)c1. The number of anilines is 3. The Morgan fingerprint density at radius 1 is 0.971 bits per heavy atom. The number of carbonyl (C=O) groups is 3. The third-order valence-corrected chi connectivity index (χ3v) is 5.79. The average molecular weight is 473 g/mol. The molecule has 0 aliphatic carbocycles. The number of ether oxygens (including phenoxy) is 1. The maximum absolute atomic E-state index is 12.8. The van der Waals surface area contributed by atoms with Crippen molar-refractivity contribution < 1.29 is 19.1 Å². The third-order valence-electron chi connectivity index (χ3n) is 5.79. The highest BCUT2D eigenvalue weighted by molar-refractivity contribution is 6.01. The largest absolute Gasteiger partial charge is 0.497 e. The van der Waals surface area contributed by atoms with Crippen molar-refractivity contribution in [1.82, 2.24) is 5.32 Å². The van der Waals surface area contributed by atoms with Crippen LogP contribution in [0, 0.1) is 12.8 Å². The lowest BCUT2D eigenvalue weighted by atomic mass is 10.1. The van der Waals surface area contributed by atoms with Crippen molar-refractivity contribution >= 4 is 34.9 Å². The Balaban J connectivity index is 1.31. The van der Waals surface area contributed by atoms with Crippen molar-refractivity contribution in [2.24, 2.45) is 5.92 Å². The van der Waals surface area contributed by atoms with Crippen LogP contribution in [0.4, 0.5) is 21.9 Å². The molecule has 0 saturated carbocycles. The van der Waals surface area contributed by atoms with Crippen molar-refractivity contribution in [3.05, 3.63) is 83.9 Å². The van der Waals surface area contributed by atoms with E-state index in [1.807, 2.05) is 61.5 Å². The molecule has 1 saturated heterocycles. The normalized spacial score (nSPS) is 15.0. The highest BCUT2D eigenvalue weighted by atomic mass is 16.5. The molecule has 4 rings (SSSR count). The van der Waals surface area contributed by atoms with Crippen LogP contribution in [0.15, 0.2) is 72.8 Å².